The molecule has 0 atom stereocenters. The molecule has 0 aliphatic rings. The molecule has 0 spiro atoms. The van der Waals surface area contributed by atoms with Crippen LogP contribution in [0.25, 0.3) is 10.2 Å². The summed E-state index contributed by atoms with van der Waals surface area (Å²) < 4.78 is 1.10. The zero-order valence-electron chi connectivity index (χ0n) is 17.0. The van der Waals surface area contributed by atoms with Crippen molar-refractivity contribution in [3.8, 4) is 0 Å². The van der Waals surface area contributed by atoms with E-state index in [1.807, 2.05) is 41.3 Å². The van der Waals surface area contributed by atoms with Crippen LogP contribution in [0, 0.1) is 6.92 Å². The fourth-order valence-electron chi connectivity index (χ4n) is 3.19. The third kappa shape index (κ3) is 5.29. The molecule has 0 saturated carbocycles. The van der Waals surface area contributed by atoms with E-state index in [1.54, 1.807) is 23.1 Å². The van der Waals surface area contributed by atoms with Crippen LogP contribution in [0.1, 0.15) is 24.0 Å². The minimum atomic E-state index is 0.127. The Morgan fingerprint density at radius 3 is 2.47 bits per heavy atom. The van der Waals surface area contributed by atoms with Crippen molar-refractivity contribution in [2.45, 2.75) is 31.2 Å². The second-order valence-electron chi connectivity index (χ2n) is 7.19. The summed E-state index contributed by atoms with van der Waals surface area (Å²) in [5.41, 5.74) is 3.32. The number of hydrogen-bond acceptors (Lipinski definition) is 4. The Morgan fingerprint density at radius 1 is 0.967 bits per heavy atom. The smallest absolute Gasteiger partial charge is 0.229 e. The van der Waals surface area contributed by atoms with E-state index in [1.165, 1.54) is 10.5 Å². The number of fused-ring (bicyclic) bond motifs is 1. The van der Waals surface area contributed by atoms with Crippen molar-refractivity contribution in [3.63, 3.8) is 0 Å². The number of thioether (sulfide) groups is 1. The minimum absolute atomic E-state index is 0.127. The number of amides is 1. The van der Waals surface area contributed by atoms with Crippen LogP contribution in [0.2, 0.25) is 0 Å². The van der Waals surface area contributed by atoms with Gasteiger partial charge in [0.05, 0.1) is 16.8 Å². The number of aryl methyl sites for hydroxylation is 1. The number of hydrogen-bond donors (Lipinski definition) is 0. The molecule has 0 bridgehead atoms. The van der Waals surface area contributed by atoms with Gasteiger partial charge in [0.25, 0.3) is 0 Å². The number of carbonyl (C=O) groups is 1. The summed E-state index contributed by atoms with van der Waals surface area (Å²) in [6, 6.07) is 26.7. The third-order valence-electron chi connectivity index (χ3n) is 4.82. The van der Waals surface area contributed by atoms with Gasteiger partial charge in [0.2, 0.25) is 5.91 Å². The van der Waals surface area contributed by atoms with E-state index in [9.17, 15) is 4.79 Å². The SMILES string of the molecule is Cc1ccc(SCCCC(=O)N(Cc2ccccc2)c2nc3ccccc3s2)cc1. The molecule has 0 aliphatic carbocycles. The average Bonchev–Trinajstić information content (AvgIpc) is 3.21. The molecule has 0 radical (unpaired) electrons. The first kappa shape index (κ1) is 20.6. The molecule has 0 N–H and O–H groups in total. The monoisotopic (exact) mass is 432 g/mol. The van der Waals surface area contributed by atoms with Gasteiger partial charge in [0, 0.05) is 11.3 Å². The van der Waals surface area contributed by atoms with Gasteiger partial charge in [-0.1, -0.05) is 71.5 Å². The van der Waals surface area contributed by atoms with Gasteiger partial charge in [0.1, 0.15) is 0 Å². The van der Waals surface area contributed by atoms with Crippen molar-refractivity contribution in [3.05, 3.63) is 90.0 Å². The fraction of sp³-hybridized carbons (Fsp3) is 0.200. The van der Waals surface area contributed by atoms with Gasteiger partial charge in [-0.3, -0.25) is 9.69 Å². The first-order chi connectivity index (χ1) is 14.7. The van der Waals surface area contributed by atoms with Crippen molar-refractivity contribution in [2.75, 3.05) is 10.7 Å². The van der Waals surface area contributed by atoms with E-state index < -0.39 is 0 Å². The van der Waals surface area contributed by atoms with E-state index in [0.717, 1.165) is 33.1 Å². The fourth-order valence-corrected chi connectivity index (χ4v) is 5.02. The lowest BCUT2D eigenvalue weighted by atomic mass is 10.2. The van der Waals surface area contributed by atoms with Crippen molar-refractivity contribution >= 4 is 44.4 Å². The normalized spacial score (nSPS) is 11.0. The number of carbonyl (C=O) groups excluding carboxylic acids is 1. The topological polar surface area (TPSA) is 33.2 Å². The molecule has 0 fully saturated rings. The molecule has 4 rings (SSSR count). The van der Waals surface area contributed by atoms with Crippen LogP contribution < -0.4 is 4.90 Å². The Bertz CT molecular complexity index is 1070. The molecule has 3 aromatic carbocycles. The van der Waals surface area contributed by atoms with E-state index in [4.69, 9.17) is 4.98 Å². The number of thiazole rings is 1. The summed E-state index contributed by atoms with van der Waals surface area (Å²) in [5, 5.41) is 0.774. The van der Waals surface area contributed by atoms with Crippen molar-refractivity contribution in [1.82, 2.24) is 4.98 Å². The third-order valence-corrected chi connectivity index (χ3v) is 6.98. The van der Waals surface area contributed by atoms with Crippen molar-refractivity contribution in [1.29, 1.82) is 0 Å². The summed E-state index contributed by atoms with van der Waals surface area (Å²) >= 11 is 3.38. The lowest BCUT2D eigenvalue weighted by Crippen LogP contribution is -2.30. The molecule has 4 aromatic rings. The summed E-state index contributed by atoms with van der Waals surface area (Å²) in [7, 11) is 0. The molecule has 3 nitrogen and oxygen atoms in total. The van der Waals surface area contributed by atoms with Gasteiger partial charge in [-0.2, -0.15) is 0 Å². The van der Waals surface area contributed by atoms with Crippen LogP contribution in [0.5, 0.6) is 0 Å². The number of rotatable bonds is 8. The van der Waals surface area contributed by atoms with Gasteiger partial charge in [-0.25, -0.2) is 4.98 Å². The van der Waals surface area contributed by atoms with Gasteiger partial charge in [-0.15, -0.1) is 11.8 Å². The molecule has 1 aromatic heterocycles. The molecular weight excluding hydrogens is 408 g/mol. The zero-order valence-corrected chi connectivity index (χ0v) is 18.6. The Balaban J connectivity index is 1.44. The highest BCUT2D eigenvalue weighted by molar-refractivity contribution is 7.99. The van der Waals surface area contributed by atoms with Crippen LogP contribution in [-0.4, -0.2) is 16.6 Å². The summed E-state index contributed by atoms with van der Waals surface area (Å²) in [6.07, 6.45) is 1.36. The van der Waals surface area contributed by atoms with Gasteiger partial charge >= 0.3 is 0 Å². The van der Waals surface area contributed by atoms with Crippen LogP contribution in [-0.2, 0) is 11.3 Å². The standard InChI is InChI=1S/C25H24N2OS2/c1-19-13-15-21(16-14-19)29-17-7-12-24(28)27(18-20-8-3-2-4-9-20)25-26-22-10-5-6-11-23(22)30-25/h2-6,8-11,13-16H,7,12,17-18H2,1H3. The average molecular weight is 433 g/mol. The number of nitrogens with zero attached hydrogens (tertiary/aromatic N) is 2. The lowest BCUT2D eigenvalue weighted by Gasteiger charge is -2.20. The molecule has 1 amide bonds. The predicted molar refractivity (Wildman–Crippen MR) is 128 cm³/mol. The van der Waals surface area contributed by atoms with Crippen molar-refractivity contribution < 1.29 is 4.79 Å². The molecule has 1 heterocycles. The number of aromatic nitrogens is 1. The highest BCUT2D eigenvalue weighted by Crippen LogP contribution is 2.30. The molecule has 152 valence electrons. The van der Waals surface area contributed by atoms with Gasteiger partial charge in [-0.05, 0) is 48.9 Å². The first-order valence-electron chi connectivity index (χ1n) is 10.1. The molecule has 5 heteroatoms. The predicted octanol–water partition coefficient (Wildman–Crippen LogP) is 6.71. The number of benzene rings is 3. The second-order valence-corrected chi connectivity index (χ2v) is 9.37. The van der Waals surface area contributed by atoms with Crippen LogP contribution in [0.3, 0.4) is 0 Å². The first-order valence-corrected chi connectivity index (χ1v) is 11.9. The summed E-state index contributed by atoms with van der Waals surface area (Å²) in [4.78, 5) is 21.0. The Labute approximate surface area is 185 Å². The van der Waals surface area contributed by atoms with Gasteiger partial charge in [0.15, 0.2) is 5.13 Å². The van der Waals surface area contributed by atoms with E-state index in [-0.39, 0.29) is 5.91 Å². The van der Waals surface area contributed by atoms with Crippen LogP contribution in [0.4, 0.5) is 5.13 Å². The maximum atomic E-state index is 13.2. The van der Waals surface area contributed by atoms with Crippen LogP contribution in [0.15, 0.2) is 83.8 Å². The Kier molecular flexibility index (Phi) is 6.82. The summed E-state index contributed by atoms with van der Waals surface area (Å²) in [5.74, 6) is 1.05. The summed E-state index contributed by atoms with van der Waals surface area (Å²) in [6.45, 7) is 2.64. The van der Waals surface area contributed by atoms with Crippen LogP contribution >= 0.6 is 23.1 Å². The molecule has 0 aliphatic heterocycles. The molecular formula is C25H24N2OS2. The lowest BCUT2D eigenvalue weighted by molar-refractivity contribution is -0.118. The quantitative estimate of drug-likeness (QED) is 0.229. The Hall–Kier alpha value is -2.63. The van der Waals surface area contributed by atoms with Crippen molar-refractivity contribution in [2.24, 2.45) is 0 Å². The van der Waals surface area contributed by atoms with E-state index in [2.05, 4.69) is 49.4 Å². The number of anilines is 1. The van der Waals surface area contributed by atoms with E-state index in [0.29, 0.717) is 13.0 Å². The zero-order chi connectivity index (χ0) is 20.8. The highest BCUT2D eigenvalue weighted by Gasteiger charge is 2.19. The largest absolute Gasteiger partial charge is 0.284 e. The van der Waals surface area contributed by atoms with E-state index >= 15 is 0 Å². The minimum Gasteiger partial charge on any atom is -0.284 e. The Morgan fingerprint density at radius 2 is 1.70 bits per heavy atom. The molecule has 30 heavy (non-hydrogen) atoms. The molecule has 0 unspecified atom stereocenters. The number of para-hydroxylation sites is 1. The maximum absolute atomic E-state index is 13.2. The molecule has 0 saturated heterocycles. The van der Waals surface area contributed by atoms with Gasteiger partial charge < -0.3 is 0 Å². The highest BCUT2D eigenvalue weighted by atomic mass is 32.2. The second kappa shape index (κ2) is 9.92. The maximum Gasteiger partial charge on any atom is 0.229 e.